The standard InChI is InChI=1S/C10H12BrN3/c1-13(2)6-8-7-14-5-3-4-9(11)10(14)12-8/h3-5,7H,6H2,1-2H3. The molecule has 0 N–H and O–H groups in total. The SMILES string of the molecule is CN(C)Cc1cn2cccc(Br)c2n1. The van der Waals surface area contributed by atoms with Crippen molar-refractivity contribution in [2.24, 2.45) is 0 Å². The van der Waals surface area contributed by atoms with Gasteiger partial charge in [0.05, 0.1) is 10.2 Å². The molecule has 0 fully saturated rings. The van der Waals surface area contributed by atoms with Crippen molar-refractivity contribution in [2.75, 3.05) is 14.1 Å². The third-order valence-electron chi connectivity index (χ3n) is 1.96. The molecule has 0 aliphatic rings. The predicted molar refractivity (Wildman–Crippen MR) is 60.3 cm³/mol. The average Bonchev–Trinajstić information content (AvgIpc) is 2.47. The van der Waals surface area contributed by atoms with Gasteiger partial charge in [0.25, 0.3) is 0 Å². The van der Waals surface area contributed by atoms with Gasteiger partial charge in [-0.05, 0) is 42.2 Å². The van der Waals surface area contributed by atoms with Crippen molar-refractivity contribution in [1.82, 2.24) is 14.3 Å². The summed E-state index contributed by atoms with van der Waals surface area (Å²) in [6, 6.07) is 4.00. The fraction of sp³-hybridized carbons (Fsp3) is 0.300. The van der Waals surface area contributed by atoms with Gasteiger partial charge >= 0.3 is 0 Å². The van der Waals surface area contributed by atoms with Crippen molar-refractivity contribution < 1.29 is 0 Å². The topological polar surface area (TPSA) is 20.5 Å². The summed E-state index contributed by atoms with van der Waals surface area (Å²) in [5.41, 5.74) is 2.06. The first-order valence-electron chi connectivity index (χ1n) is 4.43. The molecule has 74 valence electrons. The van der Waals surface area contributed by atoms with Crippen LogP contribution in [0.4, 0.5) is 0 Å². The largest absolute Gasteiger partial charge is 0.306 e. The van der Waals surface area contributed by atoms with E-state index < -0.39 is 0 Å². The van der Waals surface area contributed by atoms with Gasteiger partial charge in [0.1, 0.15) is 0 Å². The molecule has 2 aromatic rings. The molecule has 4 heteroatoms. The van der Waals surface area contributed by atoms with Crippen molar-refractivity contribution >= 4 is 21.6 Å². The molecule has 0 amide bonds. The Bertz CT molecular complexity index is 448. The van der Waals surface area contributed by atoms with Gasteiger partial charge < -0.3 is 9.30 Å². The van der Waals surface area contributed by atoms with Crippen LogP contribution in [0, 0.1) is 0 Å². The van der Waals surface area contributed by atoms with Crippen molar-refractivity contribution in [1.29, 1.82) is 0 Å². The van der Waals surface area contributed by atoms with Crippen LogP contribution in [0.2, 0.25) is 0 Å². The Labute approximate surface area is 91.5 Å². The second kappa shape index (κ2) is 3.71. The van der Waals surface area contributed by atoms with Crippen LogP contribution in [0.25, 0.3) is 5.65 Å². The quantitative estimate of drug-likeness (QED) is 0.818. The highest BCUT2D eigenvalue weighted by molar-refractivity contribution is 9.10. The monoisotopic (exact) mass is 253 g/mol. The first-order chi connectivity index (χ1) is 6.66. The zero-order valence-electron chi connectivity index (χ0n) is 8.24. The molecule has 0 aliphatic heterocycles. The third kappa shape index (κ3) is 1.81. The maximum absolute atomic E-state index is 4.53. The van der Waals surface area contributed by atoms with Gasteiger partial charge in [0.2, 0.25) is 0 Å². The van der Waals surface area contributed by atoms with Gasteiger partial charge in [-0.3, -0.25) is 0 Å². The van der Waals surface area contributed by atoms with Crippen LogP contribution >= 0.6 is 15.9 Å². The number of fused-ring (bicyclic) bond motifs is 1. The smallest absolute Gasteiger partial charge is 0.151 e. The van der Waals surface area contributed by atoms with Crippen LogP contribution in [-0.2, 0) is 6.54 Å². The summed E-state index contributed by atoms with van der Waals surface area (Å²) in [6.45, 7) is 0.869. The molecule has 0 saturated carbocycles. The van der Waals surface area contributed by atoms with E-state index in [1.165, 1.54) is 0 Å². The number of hydrogen-bond acceptors (Lipinski definition) is 2. The molecule has 2 heterocycles. The molecule has 2 rings (SSSR count). The van der Waals surface area contributed by atoms with Crippen molar-refractivity contribution in [2.45, 2.75) is 6.54 Å². The molecule has 0 radical (unpaired) electrons. The summed E-state index contributed by atoms with van der Waals surface area (Å²) in [4.78, 5) is 6.63. The van der Waals surface area contributed by atoms with Crippen LogP contribution in [-0.4, -0.2) is 28.4 Å². The Balaban J connectivity index is 2.46. The Morgan fingerprint density at radius 3 is 2.93 bits per heavy atom. The Kier molecular flexibility index (Phi) is 2.56. The number of halogens is 1. The summed E-state index contributed by atoms with van der Waals surface area (Å²) in [6.07, 6.45) is 4.06. The van der Waals surface area contributed by atoms with Crippen LogP contribution in [0.1, 0.15) is 5.69 Å². The van der Waals surface area contributed by atoms with Crippen LogP contribution in [0.5, 0.6) is 0 Å². The lowest BCUT2D eigenvalue weighted by atomic mass is 10.4. The second-order valence-electron chi connectivity index (χ2n) is 3.56. The van der Waals surface area contributed by atoms with Crippen molar-refractivity contribution in [3.05, 3.63) is 34.7 Å². The van der Waals surface area contributed by atoms with Gasteiger partial charge in [-0.2, -0.15) is 0 Å². The Morgan fingerprint density at radius 2 is 2.29 bits per heavy atom. The minimum Gasteiger partial charge on any atom is -0.306 e. The van der Waals surface area contributed by atoms with E-state index in [1.807, 2.05) is 36.8 Å². The molecule has 0 bridgehead atoms. The fourth-order valence-corrected chi connectivity index (χ4v) is 1.88. The summed E-state index contributed by atoms with van der Waals surface area (Å²) < 4.78 is 3.06. The number of rotatable bonds is 2. The minimum atomic E-state index is 0.869. The van der Waals surface area contributed by atoms with Crippen LogP contribution < -0.4 is 0 Å². The Morgan fingerprint density at radius 1 is 1.50 bits per heavy atom. The van der Waals surface area contributed by atoms with Gasteiger partial charge in [0, 0.05) is 18.9 Å². The molecule has 0 saturated heterocycles. The lowest BCUT2D eigenvalue weighted by Gasteiger charge is -2.04. The minimum absolute atomic E-state index is 0.869. The van der Waals surface area contributed by atoms with E-state index in [4.69, 9.17) is 0 Å². The molecule has 3 nitrogen and oxygen atoms in total. The summed E-state index contributed by atoms with van der Waals surface area (Å²) in [5.74, 6) is 0. The normalized spacial score (nSPS) is 11.4. The fourth-order valence-electron chi connectivity index (χ4n) is 1.43. The summed E-state index contributed by atoms with van der Waals surface area (Å²) in [7, 11) is 4.08. The molecule has 2 aromatic heterocycles. The molecule has 0 atom stereocenters. The number of aromatic nitrogens is 2. The lowest BCUT2D eigenvalue weighted by Crippen LogP contribution is -2.10. The van der Waals surface area contributed by atoms with Crippen LogP contribution in [0.15, 0.2) is 29.0 Å². The molecule has 0 aromatic carbocycles. The van der Waals surface area contributed by atoms with E-state index in [1.54, 1.807) is 0 Å². The molecular weight excluding hydrogens is 242 g/mol. The van der Waals surface area contributed by atoms with Crippen molar-refractivity contribution in [3.8, 4) is 0 Å². The van der Waals surface area contributed by atoms with E-state index in [-0.39, 0.29) is 0 Å². The highest BCUT2D eigenvalue weighted by Gasteiger charge is 2.04. The third-order valence-corrected chi connectivity index (χ3v) is 2.58. The van der Waals surface area contributed by atoms with Gasteiger partial charge in [-0.15, -0.1) is 0 Å². The lowest BCUT2D eigenvalue weighted by molar-refractivity contribution is 0.398. The van der Waals surface area contributed by atoms with Gasteiger partial charge in [0.15, 0.2) is 5.65 Å². The highest BCUT2D eigenvalue weighted by atomic mass is 79.9. The molecule has 0 unspecified atom stereocenters. The molecule has 0 aliphatic carbocycles. The molecule has 14 heavy (non-hydrogen) atoms. The zero-order valence-corrected chi connectivity index (χ0v) is 9.82. The first-order valence-corrected chi connectivity index (χ1v) is 5.23. The van der Waals surface area contributed by atoms with E-state index in [0.717, 1.165) is 22.4 Å². The average molecular weight is 254 g/mol. The predicted octanol–water partition coefficient (Wildman–Crippen LogP) is 2.16. The summed E-state index contributed by atoms with van der Waals surface area (Å²) >= 11 is 3.48. The maximum atomic E-state index is 4.53. The summed E-state index contributed by atoms with van der Waals surface area (Å²) in [5, 5.41) is 0. The van der Waals surface area contributed by atoms with E-state index in [2.05, 4.69) is 32.0 Å². The van der Waals surface area contributed by atoms with Gasteiger partial charge in [-0.25, -0.2) is 4.98 Å². The zero-order chi connectivity index (χ0) is 10.1. The first kappa shape index (κ1) is 9.68. The maximum Gasteiger partial charge on any atom is 0.151 e. The molecular formula is C10H12BrN3. The number of hydrogen-bond donors (Lipinski definition) is 0. The van der Waals surface area contributed by atoms with E-state index in [9.17, 15) is 0 Å². The van der Waals surface area contributed by atoms with E-state index >= 15 is 0 Å². The Hall–Kier alpha value is -0.870. The molecule has 0 spiro atoms. The highest BCUT2D eigenvalue weighted by Crippen LogP contribution is 2.17. The second-order valence-corrected chi connectivity index (χ2v) is 4.41. The van der Waals surface area contributed by atoms with Gasteiger partial charge in [-0.1, -0.05) is 0 Å². The number of pyridine rings is 1. The van der Waals surface area contributed by atoms with Crippen molar-refractivity contribution in [3.63, 3.8) is 0 Å². The van der Waals surface area contributed by atoms with E-state index in [0.29, 0.717) is 0 Å². The number of nitrogens with zero attached hydrogens (tertiary/aromatic N) is 3. The van der Waals surface area contributed by atoms with Crippen LogP contribution in [0.3, 0.4) is 0 Å². The number of imidazole rings is 1.